The van der Waals surface area contributed by atoms with Crippen molar-refractivity contribution in [2.24, 2.45) is 5.92 Å². The van der Waals surface area contributed by atoms with Crippen molar-refractivity contribution in [1.82, 2.24) is 0 Å². The van der Waals surface area contributed by atoms with Crippen LogP contribution in [0.15, 0.2) is 22.8 Å². The highest BCUT2D eigenvalue weighted by atomic mass is 16.3. The molecule has 1 N–H and O–H groups in total. The molecule has 1 heterocycles. The Bertz CT molecular complexity index is 179. The monoisotopic (exact) mass is 154 g/mol. The van der Waals surface area contributed by atoms with E-state index in [0.29, 0.717) is 5.92 Å². The molecule has 1 aromatic rings. The molecule has 0 aliphatic rings. The van der Waals surface area contributed by atoms with Crippen LogP contribution in [0, 0.1) is 5.92 Å². The van der Waals surface area contributed by atoms with Crippen molar-refractivity contribution in [3.05, 3.63) is 24.2 Å². The summed E-state index contributed by atoms with van der Waals surface area (Å²) in [5, 5.41) is 8.63. The zero-order valence-corrected chi connectivity index (χ0v) is 6.79. The molecule has 2 heteroatoms. The van der Waals surface area contributed by atoms with Gasteiger partial charge >= 0.3 is 0 Å². The van der Waals surface area contributed by atoms with E-state index in [-0.39, 0.29) is 6.61 Å². The van der Waals surface area contributed by atoms with Crippen LogP contribution in [-0.2, 0) is 6.42 Å². The summed E-state index contributed by atoms with van der Waals surface area (Å²) < 4.78 is 5.17. The van der Waals surface area contributed by atoms with Crippen molar-refractivity contribution < 1.29 is 9.52 Å². The van der Waals surface area contributed by atoms with Gasteiger partial charge in [-0.15, -0.1) is 0 Å². The zero-order chi connectivity index (χ0) is 8.10. The Labute approximate surface area is 66.8 Å². The Morgan fingerprint density at radius 1 is 1.64 bits per heavy atom. The lowest BCUT2D eigenvalue weighted by atomic mass is 10.0. The van der Waals surface area contributed by atoms with E-state index < -0.39 is 0 Å². The highest BCUT2D eigenvalue weighted by Crippen LogP contribution is 2.11. The fraction of sp³-hybridized carbons (Fsp3) is 0.556. The third-order valence-electron chi connectivity index (χ3n) is 1.75. The molecule has 0 saturated heterocycles. The average molecular weight is 154 g/mol. The summed E-state index contributed by atoms with van der Waals surface area (Å²) in [5.74, 6) is 1.51. The summed E-state index contributed by atoms with van der Waals surface area (Å²) in [4.78, 5) is 0. The summed E-state index contributed by atoms with van der Waals surface area (Å²) >= 11 is 0. The Kier molecular flexibility index (Phi) is 3.17. The van der Waals surface area contributed by atoms with Gasteiger partial charge in [0.25, 0.3) is 0 Å². The molecular weight excluding hydrogens is 140 g/mol. The first kappa shape index (κ1) is 8.34. The van der Waals surface area contributed by atoms with Crippen LogP contribution in [0.3, 0.4) is 0 Å². The van der Waals surface area contributed by atoms with E-state index in [2.05, 4.69) is 6.92 Å². The smallest absolute Gasteiger partial charge is 0.104 e. The molecule has 0 saturated carbocycles. The molecule has 0 radical (unpaired) electrons. The lowest BCUT2D eigenvalue weighted by Crippen LogP contribution is -2.00. The minimum Gasteiger partial charge on any atom is -0.469 e. The van der Waals surface area contributed by atoms with E-state index in [4.69, 9.17) is 9.52 Å². The molecule has 0 aliphatic heterocycles. The SMILES string of the molecule is CC(CCO)Cc1ccco1. The zero-order valence-electron chi connectivity index (χ0n) is 6.79. The highest BCUT2D eigenvalue weighted by molar-refractivity contribution is 4.98. The number of aliphatic hydroxyl groups is 1. The normalized spacial score (nSPS) is 13.3. The largest absolute Gasteiger partial charge is 0.469 e. The van der Waals surface area contributed by atoms with Crippen LogP contribution >= 0.6 is 0 Å². The predicted octanol–water partition coefficient (Wildman–Crippen LogP) is 1.84. The van der Waals surface area contributed by atoms with E-state index in [1.165, 1.54) is 0 Å². The maximum absolute atomic E-state index is 8.63. The molecule has 1 rings (SSSR count). The van der Waals surface area contributed by atoms with E-state index in [0.717, 1.165) is 18.6 Å². The molecule has 0 amide bonds. The summed E-state index contributed by atoms with van der Waals surface area (Å²) in [6.07, 6.45) is 3.45. The second-order valence-corrected chi connectivity index (χ2v) is 2.90. The van der Waals surface area contributed by atoms with Crippen molar-refractivity contribution in [1.29, 1.82) is 0 Å². The van der Waals surface area contributed by atoms with Crippen LogP contribution in [0.5, 0.6) is 0 Å². The minimum atomic E-state index is 0.266. The molecule has 0 spiro atoms. The lowest BCUT2D eigenvalue weighted by Gasteiger charge is -2.05. The first-order valence-corrected chi connectivity index (χ1v) is 3.96. The van der Waals surface area contributed by atoms with Crippen molar-refractivity contribution in [2.75, 3.05) is 6.61 Å². The number of rotatable bonds is 4. The van der Waals surface area contributed by atoms with E-state index in [1.807, 2.05) is 12.1 Å². The van der Waals surface area contributed by atoms with Gasteiger partial charge in [0.1, 0.15) is 5.76 Å². The molecule has 1 atom stereocenters. The van der Waals surface area contributed by atoms with Crippen LogP contribution in [0.25, 0.3) is 0 Å². The number of furan rings is 1. The van der Waals surface area contributed by atoms with Gasteiger partial charge in [-0.1, -0.05) is 6.92 Å². The summed E-state index contributed by atoms with van der Waals surface area (Å²) in [6.45, 7) is 2.38. The first-order chi connectivity index (χ1) is 5.33. The molecule has 11 heavy (non-hydrogen) atoms. The van der Waals surface area contributed by atoms with E-state index in [9.17, 15) is 0 Å². The fourth-order valence-corrected chi connectivity index (χ4v) is 1.09. The molecule has 1 aromatic heterocycles. The molecule has 0 bridgehead atoms. The van der Waals surface area contributed by atoms with Gasteiger partial charge in [-0.3, -0.25) is 0 Å². The van der Waals surface area contributed by atoms with Crippen molar-refractivity contribution in [2.45, 2.75) is 19.8 Å². The van der Waals surface area contributed by atoms with Crippen LogP contribution in [-0.4, -0.2) is 11.7 Å². The van der Waals surface area contributed by atoms with Crippen LogP contribution in [0.4, 0.5) is 0 Å². The predicted molar refractivity (Wildman–Crippen MR) is 43.3 cm³/mol. The minimum absolute atomic E-state index is 0.266. The van der Waals surface area contributed by atoms with Gasteiger partial charge < -0.3 is 9.52 Å². The van der Waals surface area contributed by atoms with Gasteiger partial charge in [0.05, 0.1) is 6.26 Å². The lowest BCUT2D eigenvalue weighted by molar-refractivity contribution is 0.259. The molecule has 0 aromatic carbocycles. The molecule has 2 nitrogen and oxygen atoms in total. The Morgan fingerprint density at radius 3 is 3.00 bits per heavy atom. The van der Waals surface area contributed by atoms with Crippen LogP contribution < -0.4 is 0 Å². The van der Waals surface area contributed by atoms with Crippen molar-refractivity contribution >= 4 is 0 Å². The van der Waals surface area contributed by atoms with Gasteiger partial charge in [-0.2, -0.15) is 0 Å². The third-order valence-corrected chi connectivity index (χ3v) is 1.75. The van der Waals surface area contributed by atoms with Gasteiger partial charge in [0.2, 0.25) is 0 Å². The Morgan fingerprint density at radius 2 is 2.45 bits per heavy atom. The fourth-order valence-electron chi connectivity index (χ4n) is 1.09. The summed E-state index contributed by atoms with van der Waals surface area (Å²) in [6, 6.07) is 3.86. The van der Waals surface area contributed by atoms with E-state index in [1.54, 1.807) is 6.26 Å². The second kappa shape index (κ2) is 4.19. The highest BCUT2D eigenvalue weighted by Gasteiger charge is 2.03. The Hall–Kier alpha value is -0.760. The van der Waals surface area contributed by atoms with Crippen molar-refractivity contribution in [3.8, 4) is 0 Å². The number of hydrogen-bond acceptors (Lipinski definition) is 2. The first-order valence-electron chi connectivity index (χ1n) is 3.96. The second-order valence-electron chi connectivity index (χ2n) is 2.90. The molecule has 0 aliphatic carbocycles. The standard InChI is InChI=1S/C9H14O2/c1-8(4-5-10)7-9-3-2-6-11-9/h2-3,6,8,10H,4-5,7H2,1H3. The average Bonchev–Trinajstić information content (AvgIpc) is 2.40. The van der Waals surface area contributed by atoms with E-state index >= 15 is 0 Å². The molecule has 1 unspecified atom stereocenters. The quantitative estimate of drug-likeness (QED) is 0.717. The summed E-state index contributed by atoms with van der Waals surface area (Å²) in [7, 11) is 0. The number of aliphatic hydroxyl groups excluding tert-OH is 1. The molecule has 62 valence electrons. The van der Waals surface area contributed by atoms with Gasteiger partial charge in [-0.25, -0.2) is 0 Å². The van der Waals surface area contributed by atoms with Crippen LogP contribution in [0.2, 0.25) is 0 Å². The van der Waals surface area contributed by atoms with Crippen molar-refractivity contribution in [3.63, 3.8) is 0 Å². The summed E-state index contributed by atoms with van der Waals surface area (Å²) in [5.41, 5.74) is 0. The number of hydrogen-bond donors (Lipinski definition) is 1. The van der Waals surface area contributed by atoms with Gasteiger partial charge in [-0.05, 0) is 24.5 Å². The topological polar surface area (TPSA) is 33.4 Å². The van der Waals surface area contributed by atoms with Crippen LogP contribution in [0.1, 0.15) is 19.1 Å². The maximum atomic E-state index is 8.63. The molecular formula is C9H14O2. The Balaban J connectivity index is 2.31. The van der Waals surface area contributed by atoms with Gasteiger partial charge in [0.15, 0.2) is 0 Å². The third kappa shape index (κ3) is 2.76. The maximum Gasteiger partial charge on any atom is 0.104 e. The van der Waals surface area contributed by atoms with Gasteiger partial charge in [0, 0.05) is 13.0 Å². The molecule has 0 fully saturated rings.